The lowest BCUT2D eigenvalue weighted by molar-refractivity contribution is -0.133. The highest BCUT2D eigenvalue weighted by molar-refractivity contribution is 6.31. The first-order chi connectivity index (χ1) is 13.1. The van der Waals surface area contributed by atoms with Crippen LogP contribution in [0.1, 0.15) is 36.8 Å². The van der Waals surface area contributed by atoms with Gasteiger partial charge in [-0.2, -0.15) is 0 Å². The summed E-state index contributed by atoms with van der Waals surface area (Å²) in [5.41, 5.74) is 1.23. The second-order valence-corrected chi connectivity index (χ2v) is 7.43. The minimum atomic E-state index is -0.440. The van der Waals surface area contributed by atoms with Gasteiger partial charge in [0.25, 0.3) is 0 Å². The first kappa shape index (κ1) is 18.1. The number of ether oxygens (including phenoxy) is 2. The van der Waals surface area contributed by atoms with E-state index in [0.29, 0.717) is 12.3 Å². The summed E-state index contributed by atoms with van der Waals surface area (Å²) in [6, 6.07) is 10.4. The van der Waals surface area contributed by atoms with Gasteiger partial charge in [0, 0.05) is 23.2 Å². The summed E-state index contributed by atoms with van der Waals surface area (Å²) in [6.45, 7) is 0.683. The molecule has 0 aromatic heterocycles. The number of carbonyl (C=O) groups excluding carboxylic acids is 1. The molecular formula is C21H21ClFNO3. The highest BCUT2D eigenvalue weighted by Crippen LogP contribution is 2.34. The van der Waals surface area contributed by atoms with Gasteiger partial charge in [-0.05, 0) is 42.7 Å². The Morgan fingerprint density at radius 1 is 1.15 bits per heavy atom. The third-order valence-electron chi connectivity index (χ3n) is 5.27. The van der Waals surface area contributed by atoms with Gasteiger partial charge < -0.3 is 14.4 Å². The highest BCUT2D eigenvalue weighted by Gasteiger charge is 2.28. The number of benzene rings is 2. The van der Waals surface area contributed by atoms with Crippen LogP contribution in [0.5, 0.6) is 11.5 Å². The summed E-state index contributed by atoms with van der Waals surface area (Å²) in [4.78, 5) is 15.0. The van der Waals surface area contributed by atoms with Crippen LogP contribution in [0.4, 0.5) is 4.39 Å². The van der Waals surface area contributed by atoms with Gasteiger partial charge in [-0.15, -0.1) is 0 Å². The second-order valence-electron chi connectivity index (χ2n) is 7.02. The number of fused-ring (bicyclic) bond motifs is 1. The third-order valence-corrected chi connectivity index (χ3v) is 5.62. The quantitative estimate of drug-likeness (QED) is 0.742. The standard InChI is InChI=1S/C21H21ClFNO3/c22-17-6-3-7-18(23)16(17)11-21(25)24(15-4-1-2-5-15)12-14-8-9-19-20(10-14)27-13-26-19/h3,6-10,15H,1-2,4-5,11-13H2. The molecule has 2 aliphatic rings. The smallest absolute Gasteiger partial charge is 0.231 e. The lowest BCUT2D eigenvalue weighted by Gasteiger charge is -2.29. The Morgan fingerprint density at radius 2 is 1.93 bits per heavy atom. The number of hydrogen-bond acceptors (Lipinski definition) is 3. The molecule has 0 atom stereocenters. The number of carbonyl (C=O) groups is 1. The molecule has 1 amide bonds. The molecule has 0 N–H and O–H groups in total. The van der Waals surface area contributed by atoms with E-state index in [9.17, 15) is 9.18 Å². The molecule has 2 aromatic carbocycles. The summed E-state index contributed by atoms with van der Waals surface area (Å²) in [7, 11) is 0. The van der Waals surface area contributed by atoms with E-state index in [-0.39, 0.29) is 35.7 Å². The Bertz CT molecular complexity index is 831. The molecule has 1 heterocycles. The molecule has 4 nitrogen and oxygen atoms in total. The summed E-state index contributed by atoms with van der Waals surface area (Å²) >= 11 is 6.12. The third kappa shape index (κ3) is 3.88. The molecule has 1 aliphatic carbocycles. The maximum Gasteiger partial charge on any atom is 0.231 e. The largest absolute Gasteiger partial charge is 0.454 e. The molecule has 142 valence electrons. The van der Waals surface area contributed by atoms with Gasteiger partial charge >= 0.3 is 0 Å². The number of amides is 1. The molecule has 1 fully saturated rings. The van der Waals surface area contributed by atoms with Gasteiger partial charge in [0.15, 0.2) is 11.5 Å². The van der Waals surface area contributed by atoms with Crippen molar-refractivity contribution in [2.24, 2.45) is 0 Å². The zero-order valence-corrected chi connectivity index (χ0v) is 15.7. The second kappa shape index (κ2) is 7.77. The monoisotopic (exact) mass is 389 g/mol. The molecule has 2 aromatic rings. The predicted octanol–water partition coefficient (Wildman–Crippen LogP) is 4.72. The Kier molecular flexibility index (Phi) is 5.21. The number of hydrogen-bond donors (Lipinski definition) is 0. The van der Waals surface area contributed by atoms with Crippen molar-refractivity contribution in [2.75, 3.05) is 6.79 Å². The molecule has 1 aliphatic heterocycles. The van der Waals surface area contributed by atoms with E-state index in [0.717, 1.165) is 37.0 Å². The Hall–Kier alpha value is -2.27. The summed E-state index contributed by atoms with van der Waals surface area (Å²) in [6.07, 6.45) is 4.13. The van der Waals surface area contributed by atoms with E-state index in [1.54, 1.807) is 12.1 Å². The number of nitrogens with zero attached hydrogens (tertiary/aromatic N) is 1. The van der Waals surface area contributed by atoms with Crippen molar-refractivity contribution in [3.05, 3.63) is 58.4 Å². The first-order valence-electron chi connectivity index (χ1n) is 9.22. The highest BCUT2D eigenvalue weighted by atomic mass is 35.5. The molecule has 4 rings (SSSR count). The average Bonchev–Trinajstić information content (AvgIpc) is 3.33. The Labute approximate surface area is 162 Å². The van der Waals surface area contributed by atoms with Crippen molar-refractivity contribution in [3.8, 4) is 11.5 Å². The van der Waals surface area contributed by atoms with Gasteiger partial charge in [0.1, 0.15) is 5.82 Å². The SMILES string of the molecule is O=C(Cc1c(F)cccc1Cl)N(Cc1ccc2c(c1)OCO2)C1CCCC1. The topological polar surface area (TPSA) is 38.8 Å². The Morgan fingerprint density at radius 3 is 2.70 bits per heavy atom. The van der Waals surface area contributed by atoms with Gasteiger partial charge in [-0.25, -0.2) is 4.39 Å². The minimum Gasteiger partial charge on any atom is -0.454 e. The van der Waals surface area contributed by atoms with E-state index in [2.05, 4.69) is 0 Å². The van der Waals surface area contributed by atoms with Crippen LogP contribution in [-0.4, -0.2) is 23.6 Å². The van der Waals surface area contributed by atoms with Crippen LogP contribution in [0, 0.1) is 5.82 Å². The van der Waals surface area contributed by atoms with Crippen LogP contribution in [0.15, 0.2) is 36.4 Å². The maximum atomic E-state index is 14.1. The van der Waals surface area contributed by atoms with Crippen molar-refractivity contribution < 1.29 is 18.7 Å². The van der Waals surface area contributed by atoms with Gasteiger partial charge in [0.05, 0.1) is 6.42 Å². The van der Waals surface area contributed by atoms with Crippen molar-refractivity contribution in [1.29, 1.82) is 0 Å². The zero-order chi connectivity index (χ0) is 18.8. The lowest BCUT2D eigenvalue weighted by atomic mass is 10.1. The van der Waals surface area contributed by atoms with Crippen LogP contribution in [-0.2, 0) is 17.8 Å². The van der Waals surface area contributed by atoms with E-state index in [1.807, 2.05) is 23.1 Å². The van der Waals surface area contributed by atoms with E-state index in [1.165, 1.54) is 6.07 Å². The summed E-state index contributed by atoms with van der Waals surface area (Å²) in [5, 5.41) is 0.290. The fraction of sp³-hybridized carbons (Fsp3) is 0.381. The minimum absolute atomic E-state index is 0.0352. The molecule has 0 unspecified atom stereocenters. The molecule has 0 saturated heterocycles. The molecule has 0 bridgehead atoms. The fourth-order valence-electron chi connectivity index (χ4n) is 3.83. The van der Waals surface area contributed by atoms with Gasteiger partial charge in [-0.3, -0.25) is 4.79 Å². The molecule has 1 saturated carbocycles. The van der Waals surface area contributed by atoms with Crippen LogP contribution in [0.2, 0.25) is 5.02 Å². The van der Waals surface area contributed by atoms with E-state index >= 15 is 0 Å². The van der Waals surface area contributed by atoms with Crippen molar-refractivity contribution >= 4 is 17.5 Å². The lowest BCUT2D eigenvalue weighted by Crippen LogP contribution is -2.39. The van der Waals surface area contributed by atoms with Crippen molar-refractivity contribution in [1.82, 2.24) is 4.90 Å². The Balaban J connectivity index is 1.56. The predicted molar refractivity (Wildman–Crippen MR) is 100 cm³/mol. The van der Waals surface area contributed by atoms with Crippen LogP contribution >= 0.6 is 11.6 Å². The zero-order valence-electron chi connectivity index (χ0n) is 14.9. The first-order valence-corrected chi connectivity index (χ1v) is 9.60. The van der Waals surface area contributed by atoms with Crippen molar-refractivity contribution in [2.45, 2.75) is 44.7 Å². The molecule has 6 heteroatoms. The molecular weight excluding hydrogens is 369 g/mol. The van der Waals surface area contributed by atoms with E-state index in [4.69, 9.17) is 21.1 Å². The fourth-order valence-corrected chi connectivity index (χ4v) is 4.06. The van der Waals surface area contributed by atoms with Crippen LogP contribution in [0.25, 0.3) is 0 Å². The summed E-state index contributed by atoms with van der Waals surface area (Å²) in [5.74, 6) is 0.871. The number of halogens is 2. The number of rotatable bonds is 5. The van der Waals surface area contributed by atoms with Gasteiger partial charge in [0.2, 0.25) is 12.7 Å². The molecule has 0 radical (unpaired) electrons. The van der Waals surface area contributed by atoms with Crippen LogP contribution in [0.3, 0.4) is 0 Å². The average molecular weight is 390 g/mol. The van der Waals surface area contributed by atoms with Crippen molar-refractivity contribution in [3.63, 3.8) is 0 Å². The van der Waals surface area contributed by atoms with E-state index < -0.39 is 5.82 Å². The van der Waals surface area contributed by atoms with Gasteiger partial charge in [-0.1, -0.05) is 36.6 Å². The summed E-state index contributed by atoms with van der Waals surface area (Å²) < 4.78 is 24.9. The molecule has 27 heavy (non-hydrogen) atoms. The maximum absolute atomic E-state index is 14.1. The van der Waals surface area contributed by atoms with Crippen LogP contribution < -0.4 is 9.47 Å². The molecule has 0 spiro atoms. The normalized spacial score (nSPS) is 15.9.